The Balaban J connectivity index is 3.94. The highest BCUT2D eigenvalue weighted by atomic mass is 16.6. The van der Waals surface area contributed by atoms with Gasteiger partial charge in [-0.05, 0) is 77.0 Å². The fourth-order valence-electron chi connectivity index (χ4n) is 11.5. The standard InChI is InChI=1S/C77H144O6/c1-4-7-10-13-16-18-20-22-24-26-28-30-32-33-34-35-36-37-38-39-40-41-42-43-45-46-48-50-52-54-56-58-61-64-67-70-76(79)82-73-74(72-81-75(78)69-66-63-60-15-12-9-6-3)83-77(80)71-68-65-62-59-57-55-53-51-49-47-44-31-29-27-25-23-21-19-17-14-11-8-5-2/h21,23,26-29,74H,4-20,22,24-25,30-73H2,1-3H3/b23-21-,28-26-,29-27-. The summed E-state index contributed by atoms with van der Waals surface area (Å²) in [6.07, 6.45) is 90.9. The van der Waals surface area contributed by atoms with E-state index in [2.05, 4.69) is 57.2 Å². The van der Waals surface area contributed by atoms with E-state index >= 15 is 0 Å². The molecule has 0 aromatic carbocycles. The van der Waals surface area contributed by atoms with Crippen molar-refractivity contribution in [2.24, 2.45) is 0 Å². The predicted octanol–water partition coefficient (Wildman–Crippen LogP) is 25.9. The van der Waals surface area contributed by atoms with Gasteiger partial charge in [0.25, 0.3) is 0 Å². The van der Waals surface area contributed by atoms with E-state index in [1.807, 2.05) is 0 Å². The van der Waals surface area contributed by atoms with E-state index in [-0.39, 0.29) is 31.1 Å². The Hall–Kier alpha value is -2.37. The molecule has 0 heterocycles. The molecule has 0 aliphatic carbocycles. The average Bonchev–Trinajstić information content (AvgIpc) is 3.50. The number of carbonyl (C=O) groups is 3. The summed E-state index contributed by atoms with van der Waals surface area (Å²) in [6.45, 7) is 6.65. The number of hydrogen-bond acceptors (Lipinski definition) is 6. The number of esters is 3. The molecule has 0 radical (unpaired) electrons. The second kappa shape index (κ2) is 72.1. The third kappa shape index (κ3) is 70.3. The maximum absolute atomic E-state index is 12.9. The lowest BCUT2D eigenvalue weighted by molar-refractivity contribution is -0.167. The Bertz CT molecular complexity index is 1380. The molecular formula is C77H144O6. The molecule has 1 atom stereocenters. The van der Waals surface area contributed by atoms with Crippen LogP contribution in [0, 0.1) is 0 Å². The van der Waals surface area contributed by atoms with Gasteiger partial charge < -0.3 is 14.2 Å². The molecule has 0 saturated heterocycles. The molecule has 0 aliphatic heterocycles. The second-order valence-corrected chi connectivity index (χ2v) is 25.6. The Kier molecular flexibility index (Phi) is 70.0. The molecule has 0 amide bonds. The largest absolute Gasteiger partial charge is 0.462 e. The summed E-state index contributed by atoms with van der Waals surface area (Å²) >= 11 is 0. The van der Waals surface area contributed by atoms with Gasteiger partial charge >= 0.3 is 17.9 Å². The van der Waals surface area contributed by atoms with E-state index in [1.165, 1.54) is 315 Å². The molecule has 0 aromatic heterocycles. The Morgan fingerprint density at radius 3 is 0.675 bits per heavy atom. The number of rotatable bonds is 70. The van der Waals surface area contributed by atoms with E-state index in [0.717, 1.165) is 64.2 Å². The number of carbonyl (C=O) groups excluding carboxylic acids is 3. The van der Waals surface area contributed by atoms with Gasteiger partial charge in [0.15, 0.2) is 6.10 Å². The van der Waals surface area contributed by atoms with Crippen molar-refractivity contribution in [1.82, 2.24) is 0 Å². The first-order chi connectivity index (χ1) is 41.0. The molecule has 0 rings (SSSR count). The maximum Gasteiger partial charge on any atom is 0.306 e. The normalized spacial score (nSPS) is 12.2. The first-order valence-corrected chi connectivity index (χ1v) is 37.5. The van der Waals surface area contributed by atoms with Crippen LogP contribution < -0.4 is 0 Å². The van der Waals surface area contributed by atoms with Crippen LogP contribution in [0.3, 0.4) is 0 Å². The smallest absolute Gasteiger partial charge is 0.306 e. The zero-order valence-corrected chi connectivity index (χ0v) is 56.2. The highest BCUT2D eigenvalue weighted by Gasteiger charge is 2.20. The fourth-order valence-corrected chi connectivity index (χ4v) is 11.5. The third-order valence-corrected chi connectivity index (χ3v) is 17.1. The van der Waals surface area contributed by atoms with Crippen LogP contribution in [0.25, 0.3) is 0 Å². The van der Waals surface area contributed by atoms with E-state index in [0.29, 0.717) is 19.3 Å². The molecule has 0 aliphatic rings. The summed E-state index contributed by atoms with van der Waals surface area (Å²) in [7, 11) is 0. The first kappa shape index (κ1) is 80.6. The molecule has 0 fully saturated rings. The highest BCUT2D eigenvalue weighted by Crippen LogP contribution is 2.19. The molecule has 1 unspecified atom stereocenters. The summed E-state index contributed by atoms with van der Waals surface area (Å²) in [5, 5.41) is 0. The van der Waals surface area contributed by atoms with Crippen LogP contribution in [0.15, 0.2) is 36.5 Å². The van der Waals surface area contributed by atoms with Gasteiger partial charge in [0, 0.05) is 19.3 Å². The lowest BCUT2D eigenvalue weighted by Gasteiger charge is -2.18. The van der Waals surface area contributed by atoms with Crippen LogP contribution in [0.4, 0.5) is 0 Å². The third-order valence-electron chi connectivity index (χ3n) is 17.1. The molecule has 83 heavy (non-hydrogen) atoms. The van der Waals surface area contributed by atoms with Gasteiger partial charge in [0.1, 0.15) is 13.2 Å². The van der Waals surface area contributed by atoms with Crippen molar-refractivity contribution in [2.75, 3.05) is 13.2 Å². The van der Waals surface area contributed by atoms with E-state index in [4.69, 9.17) is 14.2 Å². The van der Waals surface area contributed by atoms with Crippen molar-refractivity contribution in [2.45, 2.75) is 425 Å². The molecule has 0 N–H and O–H groups in total. The molecule has 0 aromatic rings. The SMILES string of the molecule is CCCCCCC/C=C\C/C=C\CCCCCCCCCCCCCC(=O)OC(COC(=O)CCCCCCCCC)COC(=O)CCCCCCCCCCCCCCCCCCCCCCCCC/C=C\CCCCCCCCCC. The van der Waals surface area contributed by atoms with Crippen LogP contribution in [0.1, 0.15) is 419 Å². The summed E-state index contributed by atoms with van der Waals surface area (Å²) in [5.41, 5.74) is 0. The van der Waals surface area contributed by atoms with Crippen molar-refractivity contribution < 1.29 is 28.6 Å². The lowest BCUT2D eigenvalue weighted by atomic mass is 10.0. The van der Waals surface area contributed by atoms with Gasteiger partial charge in [-0.15, -0.1) is 0 Å². The van der Waals surface area contributed by atoms with Crippen molar-refractivity contribution in [1.29, 1.82) is 0 Å². The van der Waals surface area contributed by atoms with Gasteiger partial charge in [-0.2, -0.15) is 0 Å². The highest BCUT2D eigenvalue weighted by molar-refractivity contribution is 5.71. The number of allylic oxidation sites excluding steroid dienone is 6. The van der Waals surface area contributed by atoms with E-state index in [9.17, 15) is 14.4 Å². The molecular weight excluding hydrogens is 1020 g/mol. The molecule has 488 valence electrons. The minimum Gasteiger partial charge on any atom is -0.462 e. The van der Waals surface area contributed by atoms with E-state index in [1.54, 1.807) is 0 Å². The average molecular weight is 1170 g/mol. The van der Waals surface area contributed by atoms with Gasteiger partial charge in [-0.3, -0.25) is 14.4 Å². The monoisotopic (exact) mass is 1170 g/mol. The minimum atomic E-state index is -0.769. The Morgan fingerprint density at radius 2 is 0.434 bits per heavy atom. The first-order valence-electron chi connectivity index (χ1n) is 37.5. The molecule has 6 nitrogen and oxygen atoms in total. The van der Waals surface area contributed by atoms with Gasteiger partial charge in [-0.1, -0.05) is 359 Å². The number of ether oxygens (including phenoxy) is 3. The van der Waals surface area contributed by atoms with Crippen molar-refractivity contribution in [3.05, 3.63) is 36.5 Å². The summed E-state index contributed by atoms with van der Waals surface area (Å²) in [6, 6.07) is 0. The zero-order chi connectivity index (χ0) is 59.9. The summed E-state index contributed by atoms with van der Waals surface area (Å²) in [4.78, 5) is 38.2. The Labute approximate surface area is 518 Å². The minimum absolute atomic E-state index is 0.0674. The van der Waals surface area contributed by atoms with Crippen LogP contribution >= 0.6 is 0 Å². The van der Waals surface area contributed by atoms with Gasteiger partial charge in [-0.25, -0.2) is 0 Å². The topological polar surface area (TPSA) is 78.9 Å². The molecule has 0 spiro atoms. The van der Waals surface area contributed by atoms with Crippen molar-refractivity contribution >= 4 is 17.9 Å². The molecule has 6 heteroatoms. The summed E-state index contributed by atoms with van der Waals surface area (Å²) in [5.74, 6) is -0.849. The fraction of sp³-hybridized carbons (Fsp3) is 0.883. The lowest BCUT2D eigenvalue weighted by Crippen LogP contribution is -2.30. The van der Waals surface area contributed by atoms with Crippen molar-refractivity contribution in [3.63, 3.8) is 0 Å². The molecule has 0 saturated carbocycles. The maximum atomic E-state index is 12.9. The van der Waals surface area contributed by atoms with Crippen LogP contribution in [-0.2, 0) is 28.6 Å². The Morgan fingerprint density at radius 1 is 0.241 bits per heavy atom. The van der Waals surface area contributed by atoms with E-state index < -0.39 is 6.10 Å². The quantitative estimate of drug-likeness (QED) is 0.0261. The zero-order valence-electron chi connectivity index (χ0n) is 56.2. The van der Waals surface area contributed by atoms with Crippen LogP contribution in [-0.4, -0.2) is 37.2 Å². The van der Waals surface area contributed by atoms with Crippen LogP contribution in [0.5, 0.6) is 0 Å². The van der Waals surface area contributed by atoms with Gasteiger partial charge in [0.05, 0.1) is 0 Å². The van der Waals surface area contributed by atoms with Crippen LogP contribution in [0.2, 0.25) is 0 Å². The molecule has 0 bridgehead atoms. The van der Waals surface area contributed by atoms with Gasteiger partial charge in [0.2, 0.25) is 0 Å². The summed E-state index contributed by atoms with van der Waals surface area (Å²) < 4.78 is 16.9. The predicted molar refractivity (Wildman–Crippen MR) is 362 cm³/mol. The second-order valence-electron chi connectivity index (χ2n) is 25.6. The van der Waals surface area contributed by atoms with Crippen molar-refractivity contribution in [3.8, 4) is 0 Å². The number of unbranched alkanes of at least 4 members (excludes halogenated alkanes) is 53. The number of hydrogen-bond donors (Lipinski definition) is 0.